The summed E-state index contributed by atoms with van der Waals surface area (Å²) in [5, 5.41) is 0. The maximum absolute atomic E-state index is 11.5. The summed E-state index contributed by atoms with van der Waals surface area (Å²) < 4.78 is 24.5. The van der Waals surface area contributed by atoms with Gasteiger partial charge in [0.25, 0.3) is 0 Å². The summed E-state index contributed by atoms with van der Waals surface area (Å²) in [5.41, 5.74) is 2.20. The molecule has 1 saturated heterocycles. The van der Waals surface area contributed by atoms with E-state index in [9.17, 15) is 8.42 Å². The third-order valence-electron chi connectivity index (χ3n) is 3.85. The first-order valence-corrected chi connectivity index (χ1v) is 8.80. The maximum Gasteiger partial charge on any atom is 0.210 e. The van der Waals surface area contributed by atoms with Gasteiger partial charge in [0.05, 0.1) is 6.26 Å². The van der Waals surface area contributed by atoms with E-state index >= 15 is 0 Å². The largest absolute Gasteiger partial charge is 0.371 e. The zero-order valence-corrected chi connectivity index (χ0v) is 13.2. The molecule has 0 saturated carbocycles. The van der Waals surface area contributed by atoms with Crippen molar-refractivity contribution in [3.63, 3.8) is 0 Å². The third kappa shape index (κ3) is 3.93. The van der Waals surface area contributed by atoms with Crippen molar-refractivity contribution in [3.8, 4) is 0 Å². The Bertz CT molecular complexity index is 559. The molecule has 1 fully saturated rings. The summed E-state index contributed by atoms with van der Waals surface area (Å²) in [6, 6.07) is 4.11. The smallest absolute Gasteiger partial charge is 0.210 e. The lowest BCUT2D eigenvalue weighted by Crippen LogP contribution is -2.41. The molecule has 1 aliphatic rings. The number of pyridine rings is 1. The van der Waals surface area contributed by atoms with Crippen LogP contribution in [0.4, 0.5) is 5.69 Å². The van der Waals surface area contributed by atoms with Crippen LogP contribution in [0.3, 0.4) is 0 Å². The fourth-order valence-corrected chi connectivity index (χ4v) is 3.16. The van der Waals surface area contributed by atoms with Crippen molar-refractivity contribution in [2.45, 2.75) is 19.8 Å². The molecule has 0 amide bonds. The number of nitrogens with zero attached hydrogens (tertiary/aromatic N) is 3. The minimum atomic E-state index is -3.09. The van der Waals surface area contributed by atoms with Gasteiger partial charge in [-0.2, -0.15) is 0 Å². The fourth-order valence-electron chi connectivity index (χ4n) is 2.67. The molecule has 112 valence electrons. The summed E-state index contributed by atoms with van der Waals surface area (Å²) in [6.45, 7) is 4.52. The SMILES string of the molecule is Cc1cc(N2CCCC(CN(C)S(C)(=O)=O)C2)ccn1. The monoisotopic (exact) mass is 297 g/mol. The van der Waals surface area contributed by atoms with Crippen molar-refractivity contribution in [1.82, 2.24) is 9.29 Å². The molecule has 1 aromatic rings. The number of rotatable bonds is 4. The molecule has 0 aliphatic carbocycles. The lowest BCUT2D eigenvalue weighted by atomic mass is 9.97. The predicted molar refractivity (Wildman–Crippen MR) is 81.4 cm³/mol. The molecule has 1 aromatic heterocycles. The van der Waals surface area contributed by atoms with Gasteiger partial charge in [0.15, 0.2) is 0 Å². The number of anilines is 1. The molecule has 5 nitrogen and oxygen atoms in total. The molecule has 0 bridgehead atoms. The van der Waals surface area contributed by atoms with Gasteiger partial charge in [0.2, 0.25) is 10.0 Å². The zero-order valence-electron chi connectivity index (χ0n) is 12.4. The van der Waals surface area contributed by atoms with E-state index in [2.05, 4.69) is 16.0 Å². The van der Waals surface area contributed by atoms with E-state index < -0.39 is 10.0 Å². The van der Waals surface area contributed by atoms with Gasteiger partial charge in [0.1, 0.15) is 0 Å². The van der Waals surface area contributed by atoms with Crippen LogP contribution in [0.1, 0.15) is 18.5 Å². The van der Waals surface area contributed by atoms with Crippen molar-refractivity contribution in [3.05, 3.63) is 24.0 Å². The molecule has 2 heterocycles. The average molecular weight is 297 g/mol. The lowest BCUT2D eigenvalue weighted by Gasteiger charge is -2.35. The molecule has 20 heavy (non-hydrogen) atoms. The van der Waals surface area contributed by atoms with Crippen LogP contribution in [-0.4, -0.2) is 50.6 Å². The van der Waals surface area contributed by atoms with Gasteiger partial charge in [-0.1, -0.05) is 0 Å². The summed E-state index contributed by atoms with van der Waals surface area (Å²) in [5.74, 6) is 0.386. The number of hydrogen-bond donors (Lipinski definition) is 0. The molecule has 1 atom stereocenters. The fraction of sp³-hybridized carbons (Fsp3) is 0.643. The Morgan fingerprint density at radius 2 is 2.25 bits per heavy atom. The molecule has 1 aliphatic heterocycles. The Hall–Kier alpha value is -1.14. The van der Waals surface area contributed by atoms with Crippen LogP contribution in [0.2, 0.25) is 0 Å². The molecule has 1 unspecified atom stereocenters. The highest BCUT2D eigenvalue weighted by Crippen LogP contribution is 2.24. The van der Waals surface area contributed by atoms with Crippen molar-refractivity contribution in [1.29, 1.82) is 0 Å². The number of aromatic nitrogens is 1. The molecule has 0 aromatic carbocycles. The molecular formula is C14H23N3O2S. The van der Waals surface area contributed by atoms with E-state index in [4.69, 9.17) is 0 Å². The molecular weight excluding hydrogens is 274 g/mol. The van der Waals surface area contributed by atoms with Crippen molar-refractivity contribution < 1.29 is 8.42 Å². The highest BCUT2D eigenvalue weighted by atomic mass is 32.2. The van der Waals surface area contributed by atoms with Gasteiger partial charge in [-0.3, -0.25) is 4.98 Å². The second-order valence-electron chi connectivity index (χ2n) is 5.65. The lowest BCUT2D eigenvalue weighted by molar-refractivity contribution is 0.337. The van der Waals surface area contributed by atoms with Crippen LogP contribution in [0.5, 0.6) is 0 Å². The molecule has 0 spiro atoms. The summed E-state index contributed by atoms with van der Waals surface area (Å²) in [7, 11) is -1.43. The summed E-state index contributed by atoms with van der Waals surface area (Å²) in [6.07, 6.45) is 5.28. The average Bonchev–Trinajstić information content (AvgIpc) is 2.38. The quantitative estimate of drug-likeness (QED) is 0.845. The van der Waals surface area contributed by atoms with E-state index in [1.165, 1.54) is 16.2 Å². The zero-order chi connectivity index (χ0) is 14.8. The summed E-state index contributed by atoms with van der Waals surface area (Å²) >= 11 is 0. The van der Waals surface area contributed by atoms with Crippen LogP contribution in [-0.2, 0) is 10.0 Å². The van der Waals surface area contributed by atoms with Gasteiger partial charge in [-0.15, -0.1) is 0 Å². The van der Waals surface area contributed by atoms with Gasteiger partial charge < -0.3 is 4.90 Å². The van der Waals surface area contributed by atoms with Gasteiger partial charge in [-0.25, -0.2) is 12.7 Å². The minimum absolute atomic E-state index is 0.386. The van der Waals surface area contributed by atoms with E-state index in [1.807, 2.05) is 19.2 Å². The number of aryl methyl sites for hydroxylation is 1. The van der Waals surface area contributed by atoms with Crippen molar-refractivity contribution in [2.24, 2.45) is 5.92 Å². The van der Waals surface area contributed by atoms with E-state index in [-0.39, 0.29) is 0 Å². The van der Waals surface area contributed by atoms with Crippen LogP contribution in [0, 0.1) is 12.8 Å². The van der Waals surface area contributed by atoms with Crippen LogP contribution < -0.4 is 4.90 Å². The Morgan fingerprint density at radius 3 is 2.90 bits per heavy atom. The maximum atomic E-state index is 11.5. The third-order valence-corrected chi connectivity index (χ3v) is 5.13. The molecule has 6 heteroatoms. The Labute approximate surface area is 121 Å². The molecule has 0 N–H and O–H groups in total. The Kier molecular flexibility index (Phi) is 4.65. The first-order chi connectivity index (χ1) is 9.36. The molecule has 0 radical (unpaired) electrons. The highest BCUT2D eigenvalue weighted by molar-refractivity contribution is 7.88. The highest BCUT2D eigenvalue weighted by Gasteiger charge is 2.24. The second kappa shape index (κ2) is 6.10. The Balaban J connectivity index is 2.02. The minimum Gasteiger partial charge on any atom is -0.371 e. The predicted octanol–water partition coefficient (Wildman–Crippen LogP) is 1.50. The number of piperidine rings is 1. The first-order valence-electron chi connectivity index (χ1n) is 6.95. The van der Waals surface area contributed by atoms with E-state index in [1.54, 1.807) is 7.05 Å². The van der Waals surface area contributed by atoms with Crippen molar-refractivity contribution >= 4 is 15.7 Å². The summed E-state index contributed by atoms with van der Waals surface area (Å²) in [4.78, 5) is 6.55. The van der Waals surface area contributed by atoms with E-state index in [0.29, 0.717) is 12.5 Å². The van der Waals surface area contributed by atoms with Crippen molar-refractivity contribution in [2.75, 3.05) is 37.8 Å². The van der Waals surface area contributed by atoms with E-state index in [0.717, 1.165) is 31.6 Å². The van der Waals surface area contributed by atoms with Crippen LogP contribution in [0.15, 0.2) is 18.3 Å². The molecule has 2 rings (SSSR count). The van der Waals surface area contributed by atoms with Crippen LogP contribution in [0.25, 0.3) is 0 Å². The van der Waals surface area contributed by atoms with Gasteiger partial charge in [0, 0.05) is 44.3 Å². The Morgan fingerprint density at radius 1 is 1.50 bits per heavy atom. The normalized spacial score (nSPS) is 20.4. The van der Waals surface area contributed by atoms with Gasteiger partial charge >= 0.3 is 0 Å². The second-order valence-corrected chi connectivity index (χ2v) is 7.74. The van der Waals surface area contributed by atoms with Gasteiger partial charge in [-0.05, 0) is 37.8 Å². The topological polar surface area (TPSA) is 53.5 Å². The number of sulfonamides is 1. The van der Waals surface area contributed by atoms with Crippen LogP contribution >= 0.6 is 0 Å². The standard InChI is InChI=1S/C14H23N3O2S/c1-12-9-14(6-7-15-12)17-8-4-5-13(11-17)10-16(2)20(3,18)19/h6-7,9,13H,4-5,8,10-11H2,1-3H3. The number of hydrogen-bond acceptors (Lipinski definition) is 4. The first kappa shape index (κ1) is 15.3.